The molecule has 0 saturated heterocycles. The summed E-state index contributed by atoms with van der Waals surface area (Å²) >= 11 is 0. The van der Waals surface area contributed by atoms with Crippen LogP contribution in [0.25, 0.3) is 17.3 Å². The molecule has 0 atom stereocenters. The molecule has 1 N–H and O–H groups in total. The molecule has 0 fully saturated rings. The van der Waals surface area contributed by atoms with Crippen molar-refractivity contribution in [2.24, 2.45) is 0 Å². The SMILES string of the molecule is O=S(=O)(/C=C/c1ccccc1)Nc1cccc(-c2ccc(Oc3ccc(F)cc3)cc2)n1. The number of aromatic nitrogens is 1. The Hall–Kier alpha value is -3.97. The van der Waals surface area contributed by atoms with Gasteiger partial charge >= 0.3 is 0 Å². The van der Waals surface area contributed by atoms with Crippen molar-refractivity contribution in [3.05, 3.63) is 114 Å². The van der Waals surface area contributed by atoms with Crippen LogP contribution in [0.15, 0.2) is 102 Å². The largest absolute Gasteiger partial charge is 0.457 e. The number of anilines is 1. The summed E-state index contributed by atoms with van der Waals surface area (Å²) in [7, 11) is -3.72. The highest BCUT2D eigenvalue weighted by Gasteiger charge is 2.09. The summed E-state index contributed by atoms with van der Waals surface area (Å²) in [6.07, 6.45) is 1.52. The predicted octanol–water partition coefficient (Wildman–Crippen LogP) is 6.09. The first-order valence-electron chi connectivity index (χ1n) is 9.74. The van der Waals surface area contributed by atoms with Crippen LogP contribution in [0.5, 0.6) is 11.5 Å². The number of nitrogens with zero attached hydrogens (tertiary/aromatic N) is 1. The summed E-state index contributed by atoms with van der Waals surface area (Å²) in [6.45, 7) is 0. The normalized spacial score (nSPS) is 11.4. The van der Waals surface area contributed by atoms with Gasteiger partial charge in [0.1, 0.15) is 23.1 Å². The first-order chi connectivity index (χ1) is 15.5. The molecule has 0 radical (unpaired) electrons. The van der Waals surface area contributed by atoms with Gasteiger partial charge in [-0.3, -0.25) is 4.72 Å². The Morgan fingerprint density at radius 1 is 0.781 bits per heavy atom. The van der Waals surface area contributed by atoms with E-state index < -0.39 is 10.0 Å². The Morgan fingerprint density at radius 2 is 1.44 bits per heavy atom. The molecule has 0 aliphatic rings. The number of sulfonamides is 1. The van der Waals surface area contributed by atoms with Crippen LogP contribution < -0.4 is 9.46 Å². The molecule has 4 aromatic rings. The number of benzene rings is 3. The van der Waals surface area contributed by atoms with Crippen LogP contribution >= 0.6 is 0 Å². The lowest BCUT2D eigenvalue weighted by Gasteiger charge is -2.08. The summed E-state index contributed by atoms with van der Waals surface area (Å²) < 4.78 is 45.9. The van der Waals surface area contributed by atoms with E-state index in [4.69, 9.17) is 4.74 Å². The molecule has 0 spiro atoms. The van der Waals surface area contributed by atoms with Gasteiger partial charge in [0.05, 0.1) is 11.1 Å². The maximum atomic E-state index is 13.0. The van der Waals surface area contributed by atoms with Gasteiger partial charge in [0.15, 0.2) is 0 Å². The van der Waals surface area contributed by atoms with E-state index in [1.54, 1.807) is 42.5 Å². The molecule has 4 rings (SSSR count). The molecule has 0 saturated carbocycles. The zero-order valence-corrected chi connectivity index (χ0v) is 17.7. The second-order valence-corrected chi connectivity index (χ2v) is 8.42. The Kier molecular flexibility index (Phi) is 6.28. The predicted molar refractivity (Wildman–Crippen MR) is 124 cm³/mol. The minimum Gasteiger partial charge on any atom is -0.457 e. The molecule has 3 aromatic carbocycles. The second-order valence-electron chi connectivity index (χ2n) is 6.85. The molecular formula is C25H19FN2O3S. The molecule has 0 aliphatic heterocycles. The number of rotatable bonds is 7. The van der Waals surface area contributed by atoms with E-state index >= 15 is 0 Å². The number of ether oxygens (including phenoxy) is 1. The molecule has 1 aromatic heterocycles. The third kappa shape index (κ3) is 5.80. The quantitative estimate of drug-likeness (QED) is 0.373. The lowest BCUT2D eigenvalue weighted by atomic mass is 10.1. The fourth-order valence-corrected chi connectivity index (χ4v) is 3.71. The summed E-state index contributed by atoms with van der Waals surface area (Å²) in [5.74, 6) is 0.997. The molecule has 0 aliphatic carbocycles. The summed E-state index contributed by atoms with van der Waals surface area (Å²) in [5, 5.41) is 1.11. The number of hydrogen-bond donors (Lipinski definition) is 1. The van der Waals surface area contributed by atoms with Gasteiger partial charge in [-0.2, -0.15) is 0 Å². The van der Waals surface area contributed by atoms with Crippen LogP contribution in [-0.4, -0.2) is 13.4 Å². The van der Waals surface area contributed by atoms with Crippen molar-refractivity contribution in [1.82, 2.24) is 4.98 Å². The average Bonchev–Trinajstić information content (AvgIpc) is 2.80. The molecule has 0 bridgehead atoms. The highest BCUT2D eigenvalue weighted by atomic mass is 32.2. The molecule has 0 unspecified atom stereocenters. The van der Waals surface area contributed by atoms with Crippen LogP contribution in [0, 0.1) is 5.82 Å². The van der Waals surface area contributed by atoms with Crippen LogP contribution in [0.4, 0.5) is 10.2 Å². The summed E-state index contributed by atoms with van der Waals surface area (Å²) in [4.78, 5) is 4.40. The maximum absolute atomic E-state index is 13.0. The molecule has 32 heavy (non-hydrogen) atoms. The van der Waals surface area contributed by atoms with E-state index in [1.165, 1.54) is 18.2 Å². The molecule has 0 amide bonds. The van der Waals surface area contributed by atoms with Crippen molar-refractivity contribution in [2.45, 2.75) is 0 Å². The fraction of sp³-hybridized carbons (Fsp3) is 0. The topological polar surface area (TPSA) is 68.3 Å². The average molecular weight is 447 g/mol. The molecule has 7 heteroatoms. The Balaban J connectivity index is 1.46. The van der Waals surface area contributed by atoms with Gasteiger partial charge in [-0.15, -0.1) is 0 Å². The smallest absolute Gasteiger partial charge is 0.256 e. The zero-order valence-electron chi connectivity index (χ0n) is 16.9. The van der Waals surface area contributed by atoms with E-state index in [2.05, 4.69) is 9.71 Å². The standard InChI is InChI=1S/C25H19FN2O3S/c26-21-11-15-23(16-12-21)31-22-13-9-20(10-14-22)24-7-4-8-25(27-24)28-32(29,30)18-17-19-5-2-1-3-6-19/h1-18H,(H,27,28)/b18-17+. The van der Waals surface area contributed by atoms with E-state index in [0.717, 1.165) is 16.5 Å². The number of hydrogen-bond acceptors (Lipinski definition) is 4. The maximum Gasteiger partial charge on any atom is 0.256 e. The van der Waals surface area contributed by atoms with Gasteiger partial charge in [0, 0.05) is 5.56 Å². The fourth-order valence-electron chi connectivity index (χ4n) is 2.90. The van der Waals surface area contributed by atoms with Crippen molar-refractivity contribution < 1.29 is 17.5 Å². The highest BCUT2D eigenvalue weighted by molar-refractivity contribution is 7.95. The molecule has 1 heterocycles. The van der Waals surface area contributed by atoms with Gasteiger partial charge < -0.3 is 4.74 Å². The minimum absolute atomic E-state index is 0.215. The zero-order chi connectivity index (χ0) is 22.4. The highest BCUT2D eigenvalue weighted by Crippen LogP contribution is 2.26. The van der Waals surface area contributed by atoms with Crippen LogP contribution in [0.3, 0.4) is 0 Å². The van der Waals surface area contributed by atoms with E-state index in [1.807, 2.05) is 42.5 Å². The summed E-state index contributed by atoms with van der Waals surface area (Å²) in [6, 6.07) is 27.2. The van der Waals surface area contributed by atoms with Gasteiger partial charge in [-0.05, 0) is 72.3 Å². The lowest BCUT2D eigenvalue weighted by molar-refractivity contribution is 0.480. The van der Waals surface area contributed by atoms with Crippen molar-refractivity contribution in [3.63, 3.8) is 0 Å². The van der Waals surface area contributed by atoms with Crippen LogP contribution in [0.2, 0.25) is 0 Å². The van der Waals surface area contributed by atoms with Crippen molar-refractivity contribution >= 4 is 21.9 Å². The molecular weight excluding hydrogens is 427 g/mol. The number of nitrogens with one attached hydrogen (secondary N) is 1. The third-order valence-electron chi connectivity index (χ3n) is 4.43. The van der Waals surface area contributed by atoms with Crippen LogP contribution in [0.1, 0.15) is 5.56 Å². The Labute approximate surface area is 185 Å². The first kappa shape index (κ1) is 21.3. The number of pyridine rings is 1. The van der Waals surface area contributed by atoms with E-state index in [-0.39, 0.29) is 11.6 Å². The second kappa shape index (κ2) is 9.45. The van der Waals surface area contributed by atoms with E-state index in [0.29, 0.717) is 17.2 Å². The minimum atomic E-state index is -3.72. The Morgan fingerprint density at radius 3 is 2.12 bits per heavy atom. The van der Waals surface area contributed by atoms with Gasteiger partial charge in [0.25, 0.3) is 10.0 Å². The Bertz CT molecular complexity index is 1320. The van der Waals surface area contributed by atoms with Gasteiger partial charge in [0.2, 0.25) is 0 Å². The van der Waals surface area contributed by atoms with Crippen molar-refractivity contribution in [2.75, 3.05) is 4.72 Å². The van der Waals surface area contributed by atoms with Crippen molar-refractivity contribution in [3.8, 4) is 22.8 Å². The van der Waals surface area contributed by atoms with Crippen molar-refractivity contribution in [1.29, 1.82) is 0 Å². The third-order valence-corrected chi connectivity index (χ3v) is 5.42. The van der Waals surface area contributed by atoms with Crippen LogP contribution in [-0.2, 0) is 10.0 Å². The van der Waals surface area contributed by atoms with Gasteiger partial charge in [-0.25, -0.2) is 17.8 Å². The monoisotopic (exact) mass is 446 g/mol. The first-order valence-corrected chi connectivity index (χ1v) is 11.3. The lowest BCUT2D eigenvalue weighted by Crippen LogP contribution is -2.10. The summed E-state index contributed by atoms with van der Waals surface area (Å²) in [5.41, 5.74) is 2.17. The van der Waals surface area contributed by atoms with Gasteiger partial charge in [-0.1, -0.05) is 36.4 Å². The number of halogens is 1. The molecule has 160 valence electrons. The van der Waals surface area contributed by atoms with E-state index in [9.17, 15) is 12.8 Å². The molecule has 5 nitrogen and oxygen atoms in total.